The van der Waals surface area contributed by atoms with Crippen molar-refractivity contribution < 1.29 is 4.74 Å². The summed E-state index contributed by atoms with van der Waals surface area (Å²) in [7, 11) is 0. The van der Waals surface area contributed by atoms with Gasteiger partial charge in [-0.3, -0.25) is 0 Å². The predicted octanol–water partition coefficient (Wildman–Crippen LogP) is 5.66. The summed E-state index contributed by atoms with van der Waals surface area (Å²) in [5, 5.41) is 1.58. The number of ether oxygens (including phenoxy) is 1. The molecular formula is C15H12Cl2N2OS. The van der Waals surface area contributed by atoms with Crippen molar-refractivity contribution in [1.82, 2.24) is 9.97 Å². The van der Waals surface area contributed by atoms with Gasteiger partial charge in [0.15, 0.2) is 0 Å². The van der Waals surface area contributed by atoms with Crippen LogP contribution in [0.25, 0.3) is 10.2 Å². The first-order valence-electron chi connectivity index (χ1n) is 6.46. The number of hydrogen-bond donors (Lipinski definition) is 0. The second-order valence-corrected chi connectivity index (χ2v) is 6.48. The standard InChI is InChI=1S/C15H12Cl2N2OS/c1-3-9-7-10-13(18-15(17)19-14(10)21-9)20-12-5-4-8(2)6-11(12)16/h4-7H,3H2,1-2H3. The fourth-order valence-electron chi connectivity index (χ4n) is 1.97. The van der Waals surface area contributed by atoms with Gasteiger partial charge in [0.2, 0.25) is 11.2 Å². The van der Waals surface area contributed by atoms with E-state index >= 15 is 0 Å². The molecule has 0 radical (unpaired) electrons. The third kappa shape index (κ3) is 2.98. The first-order chi connectivity index (χ1) is 10.1. The molecule has 0 saturated heterocycles. The van der Waals surface area contributed by atoms with Gasteiger partial charge in [-0.1, -0.05) is 24.6 Å². The molecule has 2 aromatic heterocycles. The molecule has 0 unspecified atom stereocenters. The highest BCUT2D eigenvalue weighted by molar-refractivity contribution is 7.18. The third-order valence-electron chi connectivity index (χ3n) is 3.02. The van der Waals surface area contributed by atoms with Crippen LogP contribution in [0, 0.1) is 6.92 Å². The number of hydrogen-bond acceptors (Lipinski definition) is 4. The predicted molar refractivity (Wildman–Crippen MR) is 88.1 cm³/mol. The molecule has 2 heterocycles. The molecule has 3 nitrogen and oxygen atoms in total. The summed E-state index contributed by atoms with van der Waals surface area (Å²) in [6.07, 6.45) is 0.934. The van der Waals surface area contributed by atoms with Crippen LogP contribution < -0.4 is 4.74 Å². The molecule has 6 heteroatoms. The van der Waals surface area contributed by atoms with Crippen LogP contribution in [-0.2, 0) is 6.42 Å². The summed E-state index contributed by atoms with van der Waals surface area (Å²) in [6.45, 7) is 4.07. The summed E-state index contributed by atoms with van der Waals surface area (Å²) < 4.78 is 5.86. The summed E-state index contributed by atoms with van der Waals surface area (Å²) in [5.41, 5.74) is 1.07. The largest absolute Gasteiger partial charge is 0.437 e. The van der Waals surface area contributed by atoms with Crippen molar-refractivity contribution in [3.05, 3.63) is 45.0 Å². The molecule has 3 rings (SSSR count). The topological polar surface area (TPSA) is 35.0 Å². The van der Waals surface area contributed by atoms with E-state index in [1.165, 1.54) is 4.88 Å². The van der Waals surface area contributed by atoms with Crippen LogP contribution in [0.2, 0.25) is 10.3 Å². The van der Waals surface area contributed by atoms with Crippen molar-refractivity contribution in [3.63, 3.8) is 0 Å². The lowest BCUT2D eigenvalue weighted by atomic mass is 10.2. The minimum Gasteiger partial charge on any atom is -0.437 e. The van der Waals surface area contributed by atoms with Gasteiger partial charge in [0.25, 0.3) is 0 Å². The number of rotatable bonds is 3. The van der Waals surface area contributed by atoms with E-state index in [0.717, 1.165) is 22.2 Å². The highest BCUT2D eigenvalue weighted by Gasteiger charge is 2.14. The maximum atomic E-state index is 6.20. The molecule has 1 aromatic carbocycles. The van der Waals surface area contributed by atoms with E-state index in [9.17, 15) is 0 Å². The van der Waals surface area contributed by atoms with Crippen molar-refractivity contribution in [2.45, 2.75) is 20.3 Å². The van der Waals surface area contributed by atoms with Crippen molar-refractivity contribution in [1.29, 1.82) is 0 Å². The highest BCUT2D eigenvalue weighted by Crippen LogP contribution is 2.36. The van der Waals surface area contributed by atoms with E-state index < -0.39 is 0 Å². The summed E-state index contributed by atoms with van der Waals surface area (Å²) in [5.74, 6) is 0.995. The van der Waals surface area contributed by atoms with E-state index in [4.69, 9.17) is 27.9 Å². The molecular weight excluding hydrogens is 327 g/mol. The van der Waals surface area contributed by atoms with Crippen LogP contribution in [-0.4, -0.2) is 9.97 Å². The Morgan fingerprint density at radius 2 is 2.00 bits per heavy atom. The van der Waals surface area contributed by atoms with E-state index in [-0.39, 0.29) is 5.28 Å². The van der Waals surface area contributed by atoms with Crippen molar-refractivity contribution in [2.24, 2.45) is 0 Å². The third-order valence-corrected chi connectivity index (χ3v) is 4.66. The van der Waals surface area contributed by atoms with Gasteiger partial charge >= 0.3 is 0 Å². The Kier molecular flexibility index (Phi) is 4.02. The fourth-order valence-corrected chi connectivity index (χ4v) is 3.41. The van der Waals surface area contributed by atoms with Gasteiger partial charge in [-0.05, 0) is 48.7 Å². The molecule has 0 amide bonds. The Bertz CT molecular complexity index is 817. The minimum absolute atomic E-state index is 0.172. The van der Waals surface area contributed by atoms with E-state index in [1.807, 2.05) is 31.2 Å². The van der Waals surface area contributed by atoms with Crippen LogP contribution >= 0.6 is 34.5 Å². The van der Waals surface area contributed by atoms with Crippen LogP contribution in [0.15, 0.2) is 24.3 Å². The summed E-state index contributed by atoms with van der Waals surface area (Å²) >= 11 is 13.8. The van der Waals surface area contributed by atoms with Gasteiger partial charge in [-0.2, -0.15) is 4.98 Å². The van der Waals surface area contributed by atoms with Gasteiger partial charge in [-0.15, -0.1) is 11.3 Å². The average molecular weight is 339 g/mol. The average Bonchev–Trinajstić information content (AvgIpc) is 2.85. The van der Waals surface area contributed by atoms with Gasteiger partial charge in [0.05, 0.1) is 10.4 Å². The Morgan fingerprint density at radius 3 is 2.71 bits per heavy atom. The zero-order chi connectivity index (χ0) is 15.0. The quantitative estimate of drug-likeness (QED) is 0.578. The van der Waals surface area contributed by atoms with Crippen LogP contribution in [0.4, 0.5) is 0 Å². The summed E-state index contributed by atoms with van der Waals surface area (Å²) in [6, 6.07) is 7.65. The number of benzene rings is 1. The molecule has 0 saturated carbocycles. The number of fused-ring (bicyclic) bond motifs is 1. The van der Waals surface area contributed by atoms with E-state index in [2.05, 4.69) is 16.9 Å². The second-order valence-electron chi connectivity index (χ2n) is 4.62. The molecule has 0 fully saturated rings. The Balaban J connectivity index is 2.08. The summed E-state index contributed by atoms with van der Waals surface area (Å²) in [4.78, 5) is 10.5. The monoisotopic (exact) mass is 338 g/mol. The molecule has 21 heavy (non-hydrogen) atoms. The molecule has 0 N–H and O–H groups in total. The first kappa shape index (κ1) is 14.6. The minimum atomic E-state index is 0.172. The maximum absolute atomic E-state index is 6.20. The normalized spacial score (nSPS) is 11.0. The lowest BCUT2D eigenvalue weighted by molar-refractivity contribution is 0.468. The zero-order valence-corrected chi connectivity index (χ0v) is 13.8. The maximum Gasteiger partial charge on any atom is 0.232 e. The van der Waals surface area contributed by atoms with E-state index in [0.29, 0.717) is 16.7 Å². The van der Waals surface area contributed by atoms with E-state index in [1.54, 1.807) is 11.3 Å². The van der Waals surface area contributed by atoms with Crippen molar-refractivity contribution in [2.75, 3.05) is 0 Å². The van der Waals surface area contributed by atoms with Crippen LogP contribution in [0.5, 0.6) is 11.6 Å². The lowest BCUT2D eigenvalue weighted by Gasteiger charge is -2.08. The number of thiophene rings is 1. The molecule has 0 aliphatic carbocycles. The second kappa shape index (κ2) is 5.79. The number of halogens is 2. The Morgan fingerprint density at radius 1 is 1.19 bits per heavy atom. The molecule has 0 spiro atoms. The molecule has 0 atom stereocenters. The van der Waals surface area contributed by atoms with Crippen molar-refractivity contribution in [3.8, 4) is 11.6 Å². The zero-order valence-electron chi connectivity index (χ0n) is 11.5. The molecule has 0 bridgehead atoms. The van der Waals surface area contributed by atoms with Gasteiger partial charge in [0.1, 0.15) is 10.6 Å². The lowest BCUT2D eigenvalue weighted by Crippen LogP contribution is -1.92. The molecule has 108 valence electrons. The van der Waals surface area contributed by atoms with Crippen molar-refractivity contribution >= 4 is 44.8 Å². The number of nitrogens with zero attached hydrogens (tertiary/aromatic N) is 2. The van der Waals surface area contributed by atoms with Crippen LogP contribution in [0.3, 0.4) is 0 Å². The molecule has 3 aromatic rings. The Hall–Kier alpha value is -1.36. The molecule has 0 aliphatic rings. The first-order valence-corrected chi connectivity index (χ1v) is 8.04. The van der Waals surface area contributed by atoms with Gasteiger partial charge in [-0.25, -0.2) is 4.98 Å². The number of aryl methyl sites for hydroxylation is 2. The van der Waals surface area contributed by atoms with Crippen LogP contribution in [0.1, 0.15) is 17.4 Å². The SMILES string of the molecule is CCc1cc2c(Oc3ccc(C)cc3Cl)nc(Cl)nc2s1. The number of aromatic nitrogens is 2. The molecule has 0 aliphatic heterocycles. The smallest absolute Gasteiger partial charge is 0.232 e. The Labute approximate surface area is 136 Å². The fraction of sp³-hybridized carbons (Fsp3) is 0.200. The van der Waals surface area contributed by atoms with Gasteiger partial charge < -0.3 is 4.74 Å². The highest BCUT2D eigenvalue weighted by atomic mass is 35.5. The van der Waals surface area contributed by atoms with Gasteiger partial charge in [0, 0.05) is 4.88 Å².